The highest BCUT2D eigenvalue weighted by Gasteiger charge is 2.32. The maximum Gasteiger partial charge on any atom is 0.573 e. The van der Waals surface area contributed by atoms with Crippen LogP contribution in [-0.4, -0.2) is 20.1 Å². The normalized spacial score (nSPS) is 11.8. The van der Waals surface area contributed by atoms with Crippen molar-refractivity contribution in [2.45, 2.75) is 25.6 Å². The Bertz CT molecular complexity index is 1380. The predicted octanol–water partition coefficient (Wildman–Crippen LogP) is 7.80. The van der Waals surface area contributed by atoms with Crippen molar-refractivity contribution < 1.29 is 35.8 Å². The highest BCUT2D eigenvalue weighted by Crippen LogP contribution is 2.31. The summed E-state index contributed by atoms with van der Waals surface area (Å²) in [6.07, 6.45) is -3.97. The van der Waals surface area contributed by atoms with Gasteiger partial charge in [0.25, 0.3) is 0 Å². The van der Waals surface area contributed by atoms with Gasteiger partial charge >= 0.3 is 6.36 Å². The molecule has 0 aromatic heterocycles. The number of halogens is 6. The first-order valence-electron chi connectivity index (χ1n) is 11.2. The van der Waals surface area contributed by atoms with Gasteiger partial charge in [0.2, 0.25) is 0 Å². The molecule has 0 atom stereocenters. The molecule has 0 spiro atoms. The second kappa shape index (κ2) is 10.6. The topological polar surface area (TPSA) is 18.5 Å². The van der Waals surface area contributed by atoms with Crippen molar-refractivity contribution >= 4 is 10.8 Å². The molecule has 36 heavy (non-hydrogen) atoms. The van der Waals surface area contributed by atoms with E-state index in [0.29, 0.717) is 46.1 Å². The summed E-state index contributed by atoms with van der Waals surface area (Å²) in [6.45, 7) is 0.489. The van der Waals surface area contributed by atoms with Crippen LogP contribution in [0.1, 0.15) is 16.7 Å². The molecule has 188 valence electrons. The van der Waals surface area contributed by atoms with Gasteiger partial charge in [-0.1, -0.05) is 42.5 Å². The number of hydrogen-bond acceptors (Lipinski definition) is 2. The van der Waals surface area contributed by atoms with Crippen molar-refractivity contribution in [3.05, 3.63) is 101 Å². The molecule has 0 aliphatic rings. The molecular weight excluding hydrogens is 482 g/mol. The van der Waals surface area contributed by atoms with E-state index in [1.165, 1.54) is 12.1 Å². The van der Waals surface area contributed by atoms with Gasteiger partial charge in [-0.25, -0.2) is 13.2 Å². The van der Waals surface area contributed by atoms with Gasteiger partial charge in [0.05, 0.1) is 6.61 Å². The van der Waals surface area contributed by atoms with Crippen molar-refractivity contribution in [1.29, 1.82) is 0 Å². The Morgan fingerprint density at radius 1 is 0.722 bits per heavy atom. The van der Waals surface area contributed by atoms with Crippen LogP contribution in [0.5, 0.6) is 5.75 Å². The number of rotatable bonds is 8. The summed E-state index contributed by atoms with van der Waals surface area (Å²) >= 11 is 0. The molecule has 0 unspecified atom stereocenters. The lowest BCUT2D eigenvalue weighted by atomic mass is 9.96. The van der Waals surface area contributed by atoms with Gasteiger partial charge in [-0.15, -0.1) is 13.2 Å². The molecule has 0 heterocycles. The Hall–Kier alpha value is -3.52. The van der Waals surface area contributed by atoms with Crippen molar-refractivity contribution in [2.24, 2.45) is 0 Å². The molecule has 0 amide bonds. The van der Waals surface area contributed by atoms with E-state index in [2.05, 4.69) is 4.74 Å². The molecule has 0 bridgehead atoms. The van der Waals surface area contributed by atoms with Crippen LogP contribution in [0.25, 0.3) is 21.9 Å². The fourth-order valence-electron chi connectivity index (χ4n) is 4.05. The van der Waals surface area contributed by atoms with Crippen LogP contribution in [0.3, 0.4) is 0 Å². The van der Waals surface area contributed by atoms with E-state index in [4.69, 9.17) is 4.74 Å². The molecule has 8 heteroatoms. The summed E-state index contributed by atoms with van der Waals surface area (Å²) < 4.78 is 89.4. The smallest absolute Gasteiger partial charge is 0.403 e. The lowest BCUT2D eigenvalue weighted by molar-refractivity contribution is -0.275. The second-order valence-corrected chi connectivity index (χ2v) is 8.34. The molecule has 0 aliphatic carbocycles. The van der Waals surface area contributed by atoms with E-state index in [0.717, 1.165) is 17.7 Å². The van der Waals surface area contributed by atoms with Crippen LogP contribution >= 0.6 is 0 Å². The third kappa shape index (κ3) is 5.99. The maximum absolute atomic E-state index is 15.2. The molecule has 0 N–H and O–H groups in total. The molecule has 0 fully saturated rings. The molecule has 0 saturated heterocycles. The van der Waals surface area contributed by atoms with Gasteiger partial charge in [-0.2, -0.15) is 0 Å². The van der Waals surface area contributed by atoms with Gasteiger partial charge in [0.1, 0.15) is 11.6 Å². The zero-order valence-electron chi connectivity index (χ0n) is 19.3. The molecule has 0 radical (unpaired) electrons. The number of hydrogen-bond donors (Lipinski definition) is 0. The molecule has 4 aromatic rings. The van der Waals surface area contributed by atoms with E-state index in [9.17, 15) is 22.0 Å². The number of fused-ring (bicyclic) bond motifs is 1. The highest BCUT2D eigenvalue weighted by atomic mass is 19.4. The van der Waals surface area contributed by atoms with E-state index in [-0.39, 0.29) is 18.7 Å². The summed E-state index contributed by atoms with van der Waals surface area (Å²) in [6, 6.07) is 16.4. The molecule has 4 aromatic carbocycles. The standard InChI is InChI=1S/C28H22F6O2/c1-35-13-12-18-3-9-22(24(29)14-18)20-8-10-23-21(16-20)7-6-19(27(23)31)5-2-17-4-11-26(25(30)15-17)36-28(32,33)34/h3-4,6-11,14-16H,2,5,12-13H2,1H3. The van der Waals surface area contributed by atoms with Gasteiger partial charge in [-0.05, 0) is 71.2 Å². The van der Waals surface area contributed by atoms with Crippen LogP contribution < -0.4 is 4.74 Å². The first-order valence-corrected chi connectivity index (χ1v) is 11.2. The van der Waals surface area contributed by atoms with Crippen molar-refractivity contribution in [1.82, 2.24) is 0 Å². The minimum absolute atomic E-state index is 0.208. The van der Waals surface area contributed by atoms with Gasteiger partial charge in [0.15, 0.2) is 11.6 Å². The Labute approximate surface area is 204 Å². The summed E-state index contributed by atoms with van der Waals surface area (Å²) in [5.74, 6) is -2.89. The quantitative estimate of drug-likeness (QED) is 0.228. The Kier molecular flexibility index (Phi) is 7.54. The third-order valence-electron chi connectivity index (χ3n) is 5.88. The summed E-state index contributed by atoms with van der Waals surface area (Å²) in [5.41, 5.74) is 2.61. The van der Waals surface area contributed by atoms with Gasteiger partial charge in [0, 0.05) is 18.1 Å². The molecular formula is C28H22F6O2. The van der Waals surface area contributed by atoms with Crippen molar-refractivity contribution in [2.75, 3.05) is 13.7 Å². The lowest BCUT2D eigenvalue weighted by Crippen LogP contribution is -2.18. The SMILES string of the molecule is COCCc1ccc(-c2ccc3c(F)c(CCc4ccc(OC(F)(F)F)c(F)c4)ccc3c2)c(F)c1. The van der Waals surface area contributed by atoms with E-state index >= 15 is 4.39 Å². The number of aryl methyl sites for hydroxylation is 2. The van der Waals surface area contributed by atoms with Gasteiger partial charge in [-0.3, -0.25) is 0 Å². The first kappa shape index (κ1) is 25.6. The van der Waals surface area contributed by atoms with Crippen LogP contribution in [0.15, 0.2) is 66.7 Å². The van der Waals surface area contributed by atoms with Crippen LogP contribution in [0.4, 0.5) is 26.3 Å². The van der Waals surface area contributed by atoms with Crippen LogP contribution in [0.2, 0.25) is 0 Å². The molecule has 4 rings (SSSR count). The van der Waals surface area contributed by atoms with E-state index in [1.54, 1.807) is 43.5 Å². The van der Waals surface area contributed by atoms with Crippen LogP contribution in [-0.2, 0) is 24.0 Å². The van der Waals surface area contributed by atoms with Crippen molar-refractivity contribution in [3.63, 3.8) is 0 Å². The number of alkyl halides is 3. The van der Waals surface area contributed by atoms with E-state index < -0.39 is 23.7 Å². The monoisotopic (exact) mass is 504 g/mol. The molecule has 0 aliphatic heterocycles. The van der Waals surface area contributed by atoms with Crippen molar-refractivity contribution in [3.8, 4) is 16.9 Å². The Balaban J connectivity index is 1.51. The molecule has 2 nitrogen and oxygen atoms in total. The predicted molar refractivity (Wildman–Crippen MR) is 125 cm³/mol. The van der Waals surface area contributed by atoms with Crippen LogP contribution in [0, 0.1) is 17.5 Å². The average molecular weight is 504 g/mol. The fourth-order valence-corrected chi connectivity index (χ4v) is 4.05. The largest absolute Gasteiger partial charge is 0.573 e. The second-order valence-electron chi connectivity index (χ2n) is 8.34. The summed E-state index contributed by atoms with van der Waals surface area (Å²) in [4.78, 5) is 0. The van der Waals surface area contributed by atoms with Gasteiger partial charge < -0.3 is 9.47 Å². The minimum atomic E-state index is -4.99. The fraction of sp³-hybridized carbons (Fsp3) is 0.214. The zero-order chi connectivity index (χ0) is 25.9. The Morgan fingerprint density at radius 2 is 1.44 bits per heavy atom. The Morgan fingerprint density at radius 3 is 2.14 bits per heavy atom. The zero-order valence-corrected chi connectivity index (χ0v) is 19.3. The van der Waals surface area contributed by atoms with E-state index in [1.807, 2.05) is 6.07 Å². The summed E-state index contributed by atoms with van der Waals surface area (Å²) in [5, 5.41) is 0.949. The highest BCUT2D eigenvalue weighted by molar-refractivity contribution is 5.88. The first-order chi connectivity index (χ1) is 17.1. The number of ether oxygens (including phenoxy) is 2. The molecule has 0 saturated carbocycles. The lowest BCUT2D eigenvalue weighted by Gasteiger charge is -2.12. The summed E-state index contributed by atoms with van der Waals surface area (Å²) in [7, 11) is 1.58. The minimum Gasteiger partial charge on any atom is -0.403 e. The number of benzene rings is 4. The average Bonchev–Trinajstić information content (AvgIpc) is 2.83. The third-order valence-corrected chi connectivity index (χ3v) is 5.88. The number of methoxy groups -OCH3 is 1. The maximum atomic E-state index is 15.2.